The zero-order valence-electron chi connectivity index (χ0n) is 24.0. The van der Waals surface area contributed by atoms with Crippen LogP contribution >= 0.6 is 0 Å². The summed E-state index contributed by atoms with van der Waals surface area (Å²) in [5.41, 5.74) is 1.22. The second-order valence-electron chi connectivity index (χ2n) is 10.0. The molecular weight excluding hydrogens is 514 g/mol. The standard InChI is InChI=1S/C21H26O7.C10H15NO/c1-21(20(25)28-4)10-9-15(13-5-7-14(26-2)8-6-13)16(11-18(22)23)17(21)12-19(24)27-3;1-8(11-2)10(12)9-6-4-3-5-7-9/h5-8,12,15-16H,9-11H2,1-4H3,(H,22,23);3-8,10-12H,1-2H3/b17-12+;/t15-,16?,21+;/m0./s1. The Morgan fingerprint density at radius 2 is 1.68 bits per heavy atom. The molecule has 0 bridgehead atoms. The Bertz CT molecular complexity index is 1150. The van der Waals surface area contributed by atoms with Gasteiger partial charge < -0.3 is 29.7 Å². The third kappa shape index (κ3) is 8.16. The van der Waals surface area contributed by atoms with E-state index in [2.05, 4.69) is 5.32 Å². The van der Waals surface area contributed by atoms with Gasteiger partial charge in [-0.15, -0.1) is 0 Å². The molecule has 0 heterocycles. The van der Waals surface area contributed by atoms with Crippen LogP contribution in [-0.2, 0) is 23.9 Å². The Morgan fingerprint density at radius 3 is 2.17 bits per heavy atom. The van der Waals surface area contributed by atoms with E-state index < -0.39 is 35.3 Å². The van der Waals surface area contributed by atoms with Gasteiger partial charge in [0.2, 0.25) is 0 Å². The Balaban J connectivity index is 0.000000389. The van der Waals surface area contributed by atoms with Crippen LogP contribution in [0.1, 0.15) is 56.3 Å². The van der Waals surface area contributed by atoms with Crippen LogP contribution in [0.4, 0.5) is 0 Å². The van der Waals surface area contributed by atoms with E-state index in [1.165, 1.54) is 20.3 Å². The van der Waals surface area contributed by atoms with Gasteiger partial charge >= 0.3 is 17.9 Å². The highest BCUT2D eigenvalue weighted by Crippen LogP contribution is 2.52. The average Bonchev–Trinajstić information content (AvgIpc) is 2.98. The highest BCUT2D eigenvalue weighted by molar-refractivity contribution is 5.88. The molecular formula is C31H41NO8. The van der Waals surface area contributed by atoms with Crippen molar-refractivity contribution in [1.29, 1.82) is 0 Å². The number of nitrogens with one attached hydrogen (secondary N) is 1. The monoisotopic (exact) mass is 555 g/mol. The molecule has 2 aromatic rings. The number of esters is 2. The molecule has 0 aliphatic heterocycles. The van der Waals surface area contributed by atoms with E-state index in [-0.39, 0.29) is 18.4 Å². The van der Waals surface area contributed by atoms with Crippen LogP contribution < -0.4 is 10.1 Å². The first-order valence-electron chi connectivity index (χ1n) is 13.2. The number of carboxylic acid groups (broad SMARTS) is 1. The van der Waals surface area contributed by atoms with E-state index in [0.29, 0.717) is 24.2 Å². The molecule has 3 N–H and O–H groups in total. The molecule has 218 valence electrons. The molecule has 1 fully saturated rings. The molecule has 1 aliphatic carbocycles. The van der Waals surface area contributed by atoms with Gasteiger partial charge in [0.1, 0.15) is 5.75 Å². The number of hydrogen-bond acceptors (Lipinski definition) is 8. The third-order valence-corrected chi connectivity index (χ3v) is 7.60. The maximum atomic E-state index is 12.5. The van der Waals surface area contributed by atoms with Gasteiger partial charge in [-0.2, -0.15) is 0 Å². The van der Waals surface area contributed by atoms with Crippen molar-refractivity contribution in [2.45, 2.75) is 51.2 Å². The lowest BCUT2D eigenvalue weighted by Crippen LogP contribution is -2.41. The van der Waals surface area contributed by atoms with Crippen LogP contribution in [-0.4, -0.2) is 62.5 Å². The SMILES string of the molecule is CNC(C)C(O)c1ccccc1.COC(=O)/C=C1\C(CC(=O)O)[C@H](c2ccc(OC)cc2)CC[C@@]1(C)C(=O)OC. The van der Waals surface area contributed by atoms with Crippen LogP contribution in [0.5, 0.6) is 5.75 Å². The number of carbonyl (C=O) groups is 3. The van der Waals surface area contributed by atoms with Crippen molar-refractivity contribution >= 4 is 17.9 Å². The highest BCUT2D eigenvalue weighted by atomic mass is 16.5. The number of hydrogen-bond donors (Lipinski definition) is 3. The summed E-state index contributed by atoms with van der Waals surface area (Å²) in [6.07, 6.45) is 1.62. The number of carboxylic acids is 1. The predicted molar refractivity (Wildman–Crippen MR) is 151 cm³/mol. The minimum absolute atomic E-state index is 0.0902. The van der Waals surface area contributed by atoms with Crippen LogP contribution in [0.25, 0.3) is 0 Å². The molecule has 1 saturated carbocycles. The van der Waals surface area contributed by atoms with Gasteiger partial charge in [-0.05, 0) is 74.4 Å². The van der Waals surface area contributed by atoms with Crippen molar-refractivity contribution in [3.8, 4) is 5.75 Å². The van der Waals surface area contributed by atoms with E-state index in [9.17, 15) is 24.6 Å². The van der Waals surface area contributed by atoms with Gasteiger partial charge in [-0.3, -0.25) is 9.59 Å². The number of aliphatic hydroxyl groups excluding tert-OH is 1. The number of ether oxygens (including phenoxy) is 3. The van der Waals surface area contributed by atoms with Gasteiger partial charge in [-0.1, -0.05) is 42.5 Å². The molecule has 1 aliphatic rings. The van der Waals surface area contributed by atoms with E-state index in [1.807, 2.05) is 68.6 Å². The number of aliphatic carboxylic acids is 1. The molecule has 5 atom stereocenters. The summed E-state index contributed by atoms with van der Waals surface area (Å²) in [4.78, 5) is 36.2. The number of aliphatic hydroxyl groups is 1. The van der Waals surface area contributed by atoms with Crippen molar-refractivity contribution in [3.63, 3.8) is 0 Å². The van der Waals surface area contributed by atoms with Crippen LogP contribution in [0.15, 0.2) is 66.2 Å². The van der Waals surface area contributed by atoms with E-state index >= 15 is 0 Å². The molecule has 0 aromatic heterocycles. The summed E-state index contributed by atoms with van der Waals surface area (Å²) in [5, 5.41) is 22.2. The molecule has 40 heavy (non-hydrogen) atoms. The van der Waals surface area contributed by atoms with Gasteiger partial charge in [0.05, 0.1) is 39.3 Å². The zero-order valence-corrected chi connectivity index (χ0v) is 24.0. The minimum atomic E-state index is -1.09. The lowest BCUT2D eigenvalue weighted by atomic mass is 9.60. The quantitative estimate of drug-likeness (QED) is 0.307. The van der Waals surface area contributed by atoms with Crippen LogP contribution in [0.3, 0.4) is 0 Å². The van der Waals surface area contributed by atoms with Crippen LogP contribution in [0, 0.1) is 11.3 Å². The number of rotatable bonds is 9. The average molecular weight is 556 g/mol. The van der Waals surface area contributed by atoms with Crippen molar-refractivity contribution in [2.24, 2.45) is 11.3 Å². The molecule has 0 amide bonds. The van der Waals surface area contributed by atoms with E-state index in [4.69, 9.17) is 14.2 Å². The first-order chi connectivity index (χ1) is 19.0. The topological polar surface area (TPSA) is 131 Å². The zero-order chi connectivity index (χ0) is 29.9. The summed E-state index contributed by atoms with van der Waals surface area (Å²) < 4.78 is 14.9. The molecule has 9 nitrogen and oxygen atoms in total. The Kier molecular flexibility index (Phi) is 12.4. The summed E-state index contributed by atoms with van der Waals surface area (Å²) >= 11 is 0. The lowest BCUT2D eigenvalue weighted by molar-refractivity contribution is -0.152. The first-order valence-corrected chi connectivity index (χ1v) is 13.2. The number of likely N-dealkylation sites (N-methyl/N-ethyl adjacent to an activating group) is 1. The molecule has 0 saturated heterocycles. The molecule has 9 heteroatoms. The Morgan fingerprint density at radius 1 is 1.05 bits per heavy atom. The smallest absolute Gasteiger partial charge is 0.330 e. The number of methoxy groups -OCH3 is 3. The van der Waals surface area contributed by atoms with Crippen molar-refractivity contribution in [2.75, 3.05) is 28.4 Å². The third-order valence-electron chi connectivity index (χ3n) is 7.60. The number of benzene rings is 2. The summed E-state index contributed by atoms with van der Waals surface area (Å²) in [6.45, 7) is 3.64. The maximum Gasteiger partial charge on any atom is 0.330 e. The summed E-state index contributed by atoms with van der Waals surface area (Å²) in [7, 11) is 5.94. The van der Waals surface area contributed by atoms with Gasteiger partial charge in [0.25, 0.3) is 0 Å². The molecule has 0 spiro atoms. The van der Waals surface area contributed by atoms with Gasteiger partial charge in [0.15, 0.2) is 0 Å². The van der Waals surface area contributed by atoms with Crippen molar-refractivity contribution in [3.05, 3.63) is 77.4 Å². The van der Waals surface area contributed by atoms with E-state index in [1.54, 1.807) is 14.0 Å². The van der Waals surface area contributed by atoms with Crippen molar-refractivity contribution in [1.82, 2.24) is 5.32 Å². The fourth-order valence-corrected chi connectivity index (χ4v) is 5.10. The maximum absolute atomic E-state index is 12.5. The second-order valence-corrected chi connectivity index (χ2v) is 10.0. The largest absolute Gasteiger partial charge is 0.497 e. The Hall–Kier alpha value is -3.69. The van der Waals surface area contributed by atoms with Crippen LogP contribution in [0.2, 0.25) is 0 Å². The second kappa shape index (κ2) is 15.2. The fraction of sp³-hybridized carbons (Fsp3) is 0.452. The van der Waals surface area contributed by atoms with Gasteiger partial charge in [-0.25, -0.2) is 4.79 Å². The summed E-state index contributed by atoms with van der Waals surface area (Å²) in [6, 6.07) is 17.1. The first kappa shape index (κ1) is 32.5. The molecule has 2 aromatic carbocycles. The minimum Gasteiger partial charge on any atom is -0.497 e. The normalized spacial score (nSPS) is 22.7. The highest BCUT2D eigenvalue weighted by Gasteiger charge is 2.48. The Labute approximate surface area is 236 Å². The molecule has 3 rings (SSSR count). The molecule has 0 radical (unpaired) electrons. The predicted octanol–water partition coefficient (Wildman–Crippen LogP) is 4.27. The summed E-state index contributed by atoms with van der Waals surface area (Å²) in [5.74, 6) is -2.16. The lowest BCUT2D eigenvalue weighted by Gasteiger charge is -2.43. The number of carbonyl (C=O) groups excluding carboxylic acids is 2. The fourth-order valence-electron chi connectivity index (χ4n) is 5.10. The molecule has 3 unspecified atom stereocenters. The van der Waals surface area contributed by atoms with Gasteiger partial charge in [0, 0.05) is 12.1 Å². The van der Waals surface area contributed by atoms with E-state index in [0.717, 1.165) is 11.1 Å². The van der Waals surface area contributed by atoms with Crippen molar-refractivity contribution < 1.29 is 38.8 Å².